The molecular weight excluding hydrogens is 174 g/mol. The van der Waals surface area contributed by atoms with E-state index in [0.29, 0.717) is 11.5 Å². The van der Waals surface area contributed by atoms with E-state index in [-0.39, 0.29) is 0 Å². The summed E-state index contributed by atoms with van der Waals surface area (Å²) in [4.78, 5) is 0. The first-order valence-electron chi connectivity index (χ1n) is 5.17. The zero-order chi connectivity index (χ0) is 10.8. The second-order valence-electron chi connectivity index (χ2n) is 5.19. The molecule has 1 rings (SSSR count). The number of rotatable bonds is 3. The minimum absolute atomic E-state index is 0.293. The van der Waals surface area contributed by atoms with Crippen molar-refractivity contribution in [1.82, 2.24) is 9.78 Å². The lowest BCUT2D eigenvalue weighted by Crippen LogP contribution is -2.19. The van der Waals surface area contributed by atoms with E-state index in [1.807, 2.05) is 16.9 Å². The molecule has 0 aliphatic carbocycles. The van der Waals surface area contributed by atoms with E-state index >= 15 is 0 Å². The molecule has 3 nitrogen and oxygen atoms in total. The zero-order valence-electron chi connectivity index (χ0n) is 9.83. The molecule has 1 heterocycles. The second-order valence-corrected chi connectivity index (χ2v) is 5.19. The van der Waals surface area contributed by atoms with Crippen LogP contribution in [0, 0.1) is 5.41 Å². The highest BCUT2D eigenvalue weighted by molar-refractivity contribution is 5.32. The number of nitrogens with one attached hydrogen (secondary N) is 1. The topological polar surface area (TPSA) is 29.9 Å². The number of hydrogen-bond acceptors (Lipinski definition) is 2. The van der Waals surface area contributed by atoms with E-state index in [1.165, 1.54) is 0 Å². The smallest absolute Gasteiger partial charge is 0.148 e. The average molecular weight is 195 g/mol. The predicted octanol–water partition coefficient (Wildman–Crippen LogP) is 2.92. The molecule has 0 bridgehead atoms. The van der Waals surface area contributed by atoms with Crippen LogP contribution in [0.3, 0.4) is 0 Å². The van der Waals surface area contributed by atoms with Gasteiger partial charge in [0.2, 0.25) is 0 Å². The van der Waals surface area contributed by atoms with Gasteiger partial charge >= 0.3 is 0 Å². The maximum atomic E-state index is 4.42. The van der Waals surface area contributed by atoms with Gasteiger partial charge in [-0.25, -0.2) is 0 Å². The third-order valence-corrected chi connectivity index (χ3v) is 1.94. The molecule has 0 fully saturated rings. The number of aromatic nitrogens is 2. The van der Waals surface area contributed by atoms with Gasteiger partial charge in [-0.15, -0.1) is 0 Å². The van der Waals surface area contributed by atoms with Crippen LogP contribution in [-0.4, -0.2) is 16.3 Å². The quantitative estimate of drug-likeness (QED) is 0.803. The fraction of sp³-hybridized carbons (Fsp3) is 0.727. The summed E-state index contributed by atoms with van der Waals surface area (Å²) >= 11 is 0. The van der Waals surface area contributed by atoms with Crippen molar-refractivity contribution in [2.75, 3.05) is 11.9 Å². The standard InChI is InChI=1S/C11H21N3/c1-9(2)14-7-6-10(13-14)12-8-11(3,4)5/h6-7,9H,8H2,1-5H3,(H,12,13). The normalized spacial score (nSPS) is 12.1. The number of hydrogen-bond donors (Lipinski definition) is 1. The summed E-state index contributed by atoms with van der Waals surface area (Å²) in [5.74, 6) is 0.966. The Morgan fingerprint density at radius 1 is 1.43 bits per heavy atom. The fourth-order valence-corrected chi connectivity index (χ4v) is 1.08. The Bertz CT molecular complexity index is 281. The highest BCUT2D eigenvalue weighted by Crippen LogP contribution is 2.14. The summed E-state index contributed by atoms with van der Waals surface area (Å²) in [6.45, 7) is 11.8. The molecule has 14 heavy (non-hydrogen) atoms. The zero-order valence-corrected chi connectivity index (χ0v) is 9.83. The van der Waals surface area contributed by atoms with Gasteiger partial charge in [-0.3, -0.25) is 4.68 Å². The molecule has 0 aliphatic rings. The Hall–Kier alpha value is -0.990. The van der Waals surface area contributed by atoms with Gasteiger partial charge in [0.25, 0.3) is 0 Å². The lowest BCUT2D eigenvalue weighted by molar-refractivity contribution is 0.441. The van der Waals surface area contributed by atoms with E-state index in [1.54, 1.807) is 0 Å². The van der Waals surface area contributed by atoms with Crippen LogP contribution in [0.2, 0.25) is 0 Å². The summed E-state index contributed by atoms with van der Waals surface area (Å²) in [6, 6.07) is 2.45. The summed E-state index contributed by atoms with van der Waals surface area (Å²) in [7, 11) is 0. The van der Waals surface area contributed by atoms with Gasteiger partial charge in [0.15, 0.2) is 0 Å². The van der Waals surface area contributed by atoms with E-state index in [0.717, 1.165) is 12.4 Å². The Kier molecular flexibility index (Phi) is 3.19. The van der Waals surface area contributed by atoms with Crippen molar-refractivity contribution in [1.29, 1.82) is 0 Å². The Morgan fingerprint density at radius 3 is 2.50 bits per heavy atom. The molecule has 3 heteroatoms. The monoisotopic (exact) mass is 195 g/mol. The third kappa shape index (κ3) is 3.40. The van der Waals surface area contributed by atoms with Crippen molar-refractivity contribution in [2.24, 2.45) is 5.41 Å². The fourth-order valence-electron chi connectivity index (χ4n) is 1.08. The van der Waals surface area contributed by atoms with Crippen LogP contribution in [0.5, 0.6) is 0 Å². The van der Waals surface area contributed by atoms with Crippen molar-refractivity contribution >= 4 is 5.82 Å². The highest BCUT2D eigenvalue weighted by atomic mass is 15.3. The first-order valence-corrected chi connectivity index (χ1v) is 5.17. The molecule has 1 aromatic heterocycles. The molecule has 0 aromatic carbocycles. The lowest BCUT2D eigenvalue weighted by Gasteiger charge is -2.18. The van der Waals surface area contributed by atoms with E-state index in [2.05, 4.69) is 45.0 Å². The minimum Gasteiger partial charge on any atom is -0.368 e. The highest BCUT2D eigenvalue weighted by Gasteiger charge is 2.10. The van der Waals surface area contributed by atoms with E-state index in [9.17, 15) is 0 Å². The molecule has 80 valence electrons. The van der Waals surface area contributed by atoms with E-state index in [4.69, 9.17) is 0 Å². The molecule has 1 aromatic rings. The number of anilines is 1. The molecule has 0 saturated heterocycles. The van der Waals surface area contributed by atoms with Crippen molar-refractivity contribution < 1.29 is 0 Å². The lowest BCUT2D eigenvalue weighted by atomic mass is 9.97. The molecule has 0 aliphatic heterocycles. The average Bonchev–Trinajstić information content (AvgIpc) is 2.47. The predicted molar refractivity (Wildman–Crippen MR) is 60.6 cm³/mol. The van der Waals surface area contributed by atoms with Gasteiger partial charge in [0.1, 0.15) is 5.82 Å². The summed E-state index contributed by atoms with van der Waals surface area (Å²) in [5, 5.41) is 7.75. The van der Waals surface area contributed by atoms with E-state index < -0.39 is 0 Å². The van der Waals surface area contributed by atoms with Gasteiger partial charge in [-0.2, -0.15) is 5.10 Å². The van der Waals surface area contributed by atoms with Crippen LogP contribution in [0.4, 0.5) is 5.82 Å². The minimum atomic E-state index is 0.293. The molecular formula is C11H21N3. The van der Waals surface area contributed by atoms with Crippen LogP contribution < -0.4 is 5.32 Å². The van der Waals surface area contributed by atoms with Gasteiger partial charge in [-0.05, 0) is 19.3 Å². The van der Waals surface area contributed by atoms with Crippen LogP contribution >= 0.6 is 0 Å². The molecule has 0 amide bonds. The van der Waals surface area contributed by atoms with Crippen LogP contribution in [-0.2, 0) is 0 Å². The molecule has 0 saturated carbocycles. The largest absolute Gasteiger partial charge is 0.368 e. The van der Waals surface area contributed by atoms with Crippen molar-refractivity contribution in [3.63, 3.8) is 0 Å². The van der Waals surface area contributed by atoms with Gasteiger partial charge in [0, 0.05) is 24.8 Å². The van der Waals surface area contributed by atoms with Crippen LogP contribution in [0.25, 0.3) is 0 Å². The van der Waals surface area contributed by atoms with Gasteiger partial charge in [0.05, 0.1) is 0 Å². The summed E-state index contributed by atoms with van der Waals surface area (Å²) in [5.41, 5.74) is 0.293. The third-order valence-electron chi connectivity index (χ3n) is 1.94. The summed E-state index contributed by atoms with van der Waals surface area (Å²) in [6.07, 6.45) is 2.01. The SMILES string of the molecule is CC(C)n1ccc(NCC(C)(C)C)n1. The second kappa shape index (κ2) is 4.03. The number of nitrogens with zero attached hydrogens (tertiary/aromatic N) is 2. The maximum Gasteiger partial charge on any atom is 0.148 e. The first kappa shape index (κ1) is 11.1. The first-order chi connectivity index (χ1) is 6.38. The van der Waals surface area contributed by atoms with Crippen LogP contribution in [0.15, 0.2) is 12.3 Å². The molecule has 0 radical (unpaired) electrons. The molecule has 0 atom stereocenters. The summed E-state index contributed by atoms with van der Waals surface area (Å²) < 4.78 is 1.96. The maximum absolute atomic E-state index is 4.42. The Morgan fingerprint density at radius 2 is 2.07 bits per heavy atom. The van der Waals surface area contributed by atoms with Crippen LogP contribution in [0.1, 0.15) is 40.7 Å². The van der Waals surface area contributed by atoms with Gasteiger partial charge in [-0.1, -0.05) is 20.8 Å². The van der Waals surface area contributed by atoms with Crippen molar-refractivity contribution in [3.05, 3.63) is 12.3 Å². The van der Waals surface area contributed by atoms with Crippen molar-refractivity contribution in [3.8, 4) is 0 Å². The van der Waals surface area contributed by atoms with Gasteiger partial charge < -0.3 is 5.32 Å². The Labute approximate surface area is 86.5 Å². The molecule has 0 spiro atoms. The molecule has 1 N–H and O–H groups in total. The van der Waals surface area contributed by atoms with Crippen molar-refractivity contribution in [2.45, 2.75) is 40.7 Å². The molecule has 0 unspecified atom stereocenters. The Balaban J connectivity index is 2.52.